The first kappa shape index (κ1) is 30.8. The summed E-state index contributed by atoms with van der Waals surface area (Å²) in [4.78, 5) is 21.6. The molecule has 0 radical (unpaired) electrons. The summed E-state index contributed by atoms with van der Waals surface area (Å²) in [5, 5.41) is 0. The van der Waals surface area contributed by atoms with Crippen molar-refractivity contribution >= 4 is 13.8 Å². The number of hydrogen-bond acceptors (Lipinski definition) is 5. The molecule has 0 aliphatic rings. The predicted molar refractivity (Wildman–Crippen MR) is 135 cm³/mol. The highest BCUT2D eigenvalue weighted by molar-refractivity contribution is 7.47. The second-order valence-electron chi connectivity index (χ2n) is 8.78. The smallest absolute Gasteiger partial charge is 0.462 e. The number of pyridine rings is 1. The van der Waals surface area contributed by atoms with Crippen LogP contribution in [0.25, 0.3) is 0 Å². The highest BCUT2D eigenvalue weighted by atomic mass is 31.2. The molecule has 0 amide bonds. The van der Waals surface area contributed by atoms with Gasteiger partial charge in [0.05, 0.1) is 13.2 Å². The summed E-state index contributed by atoms with van der Waals surface area (Å²) < 4.78 is 28.8. The fraction of sp³-hybridized carbons (Fsp3) is 0.769. The van der Waals surface area contributed by atoms with Crippen LogP contribution in [0.5, 0.6) is 0 Å². The van der Waals surface area contributed by atoms with E-state index in [2.05, 4.69) is 6.92 Å². The number of phosphoric acid groups is 1. The normalized spacial score (nSPS) is 13.0. The summed E-state index contributed by atoms with van der Waals surface area (Å²) in [6, 6.07) is 3.38. The Hall–Kier alpha value is -1.27. The number of ether oxygens (including phenoxy) is 1. The maximum atomic E-state index is 12.0. The number of carbonyl (C=O) groups is 1. The lowest BCUT2D eigenvalue weighted by Gasteiger charge is -2.11. The Morgan fingerprint density at radius 3 is 1.94 bits per heavy atom. The molecule has 8 heteroatoms. The standard InChI is InChI=1S/C26H46NO6P/c1-3-5-6-7-8-9-10-11-12-13-14-15-16-17-22-32-34(29,30)33-23-21-27-20-18-19-25(24-27)26(28)31-4-2/h18-20,24H,3-17,21-23H2,1-2H3/p+1. The van der Waals surface area contributed by atoms with Crippen molar-refractivity contribution in [3.05, 3.63) is 30.1 Å². The van der Waals surface area contributed by atoms with Crippen LogP contribution in [0.4, 0.5) is 0 Å². The number of unbranched alkanes of at least 4 members (excludes halogenated alkanes) is 13. The summed E-state index contributed by atoms with van der Waals surface area (Å²) in [7, 11) is -4.06. The van der Waals surface area contributed by atoms with Gasteiger partial charge in [0.1, 0.15) is 12.2 Å². The molecular formula is C26H47NO6P+. The van der Waals surface area contributed by atoms with E-state index >= 15 is 0 Å². The van der Waals surface area contributed by atoms with E-state index in [1.54, 1.807) is 36.0 Å². The average Bonchev–Trinajstić information content (AvgIpc) is 2.82. The van der Waals surface area contributed by atoms with Crippen LogP contribution in [0.1, 0.15) is 114 Å². The van der Waals surface area contributed by atoms with E-state index in [1.165, 1.54) is 70.6 Å². The van der Waals surface area contributed by atoms with Gasteiger partial charge >= 0.3 is 13.8 Å². The van der Waals surface area contributed by atoms with Crippen LogP contribution in [0, 0.1) is 0 Å². The maximum absolute atomic E-state index is 12.0. The largest absolute Gasteiger partial charge is 0.472 e. The van der Waals surface area contributed by atoms with E-state index in [1.807, 2.05) is 0 Å². The molecule has 1 rings (SSSR count). The molecule has 0 aromatic carbocycles. The quantitative estimate of drug-likeness (QED) is 0.0819. The molecule has 0 saturated carbocycles. The molecule has 1 aromatic rings. The monoisotopic (exact) mass is 500 g/mol. The van der Waals surface area contributed by atoms with Crippen LogP contribution in [0.2, 0.25) is 0 Å². The number of rotatable bonds is 22. The first-order valence-corrected chi connectivity index (χ1v) is 14.8. The van der Waals surface area contributed by atoms with Gasteiger partial charge in [-0.1, -0.05) is 90.4 Å². The van der Waals surface area contributed by atoms with Crippen molar-refractivity contribution in [2.45, 2.75) is 110 Å². The van der Waals surface area contributed by atoms with Crippen molar-refractivity contribution < 1.29 is 32.6 Å². The maximum Gasteiger partial charge on any atom is 0.472 e. The predicted octanol–water partition coefficient (Wildman–Crippen LogP) is 6.77. The summed E-state index contributed by atoms with van der Waals surface area (Å²) >= 11 is 0. The van der Waals surface area contributed by atoms with Crippen LogP contribution >= 0.6 is 7.82 Å². The van der Waals surface area contributed by atoms with Gasteiger partial charge < -0.3 is 9.63 Å². The third-order valence-electron chi connectivity index (χ3n) is 5.73. The van der Waals surface area contributed by atoms with Crippen LogP contribution in [0.3, 0.4) is 0 Å². The van der Waals surface area contributed by atoms with Crippen molar-refractivity contribution in [3.63, 3.8) is 0 Å². The minimum absolute atomic E-state index is 0.00344. The topological polar surface area (TPSA) is 85.9 Å². The van der Waals surface area contributed by atoms with E-state index in [0.29, 0.717) is 18.7 Å². The third kappa shape index (κ3) is 16.4. The number of nitrogens with zero attached hydrogens (tertiary/aromatic N) is 1. The molecule has 196 valence electrons. The lowest BCUT2D eigenvalue weighted by atomic mass is 10.0. The zero-order valence-corrected chi connectivity index (χ0v) is 22.3. The molecule has 7 nitrogen and oxygen atoms in total. The van der Waals surface area contributed by atoms with Gasteiger partial charge in [0, 0.05) is 6.07 Å². The molecule has 1 heterocycles. The van der Waals surface area contributed by atoms with Gasteiger partial charge in [-0.2, -0.15) is 0 Å². The van der Waals surface area contributed by atoms with Crippen LogP contribution in [-0.2, 0) is 24.9 Å². The van der Waals surface area contributed by atoms with Gasteiger partial charge in [-0.15, -0.1) is 0 Å². The lowest BCUT2D eigenvalue weighted by molar-refractivity contribution is -0.697. The molecule has 0 spiro atoms. The number of aromatic nitrogens is 1. The Morgan fingerprint density at radius 2 is 1.38 bits per heavy atom. The van der Waals surface area contributed by atoms with Gasteiger partial charge in [0.2, 0.25) is 0 Å². The Bertz CT molecular complexity index is 700. The molecule has 0 fully saturated rings. The van der Waals surface area contributed by atoms with Crippen molar-refractivity contribution in [2.24, 2.45) is 0 Å². The molecule has 0 aliphatic heterocycles. The molecule has 1 N–H and O–H groups in total. The third-order valence-corrected chi connectivity index (χ3v) is 6.74. The number of hydrogen-bond donors (Lipinski definition) is 1. The molecule has 0 saturated heterocycles. The fourth-order valence-corrected chi connectivity index (χ4v) is 4.52. The molecule has 0 aliphatic carbocycles. The SMILES string of the molecule is CCCCCCCCCCCCCCCCOP(=O)(O)OCC[n+]1cccc(C(=O)OCC)c1. The van der Waals surface area contributed by atoms with E-state index < -0.39 is 13.8 Å². The van der Waals surface area contributed by atoms with E-state index in [9.17, 15) is 14.3 Å². The zero-order chi connectivity index (χ0) is 24.9. The highest BCUT2D eigenvalue weighted by Gasteiger charge is 2.21. The van der Waals surface area contributed by atoms with Crippen molar-refractivity contribution in [1.82, 2.24) is 0 Å². The number of carbonyl (C=O) groups excluding carboxylic acids is 1. The molecular weight excluding hydrogens is 453 g/mol. The number of esters is 1. The lowest BCUT2D eigenvalue weighted by Crippen LogP contribution is -2.36. The molecule has 1 aromatic heterocycles. The molecule has 1 unspecified atom stereocenters. The van der Waals surface area contributed by atoms with E-state index in [0.717, 1.165) is 19.3 Å². The van der Waals surface area contributed by atoms with Crippen molar-refractivity contribution in [1.29, 1.82) is 0 Å². The second kappa shape index (κ2) is 20.0. The molecule has 0 bridgehead atoms. The number of phosphoric ester groups is 1. The van der Waals surface area contributed by atoms with E-state index in [-0.39, 0.29) is 13.2 Å². The summed E-state index contributed by atoms with van der Waals surface area (Å²) in [5.41, 5.74) is 0.422. The van der Waals surface area contributed by atoms with Gasteiger partial charge in [-0.25, -0.2) is 13.9 Å². The first-order valence-electron chi connectivity index (χ1n) is 13.3. The van der Waals surface area contributed by atoms with Crippen LogP contribution in [-0.4, -0.2) is 30.7 Å². The summed E-state index contributed by atoms with van der Waals surface area (Å²) in [5.74, 6) is -0.401. The Balaban J connectivity index is 2.00. The van der Waals surface area contributed by atoms with Gasteiger partial charge in [0.25, 0.3) is 0 Å². The Morgan fingerprint density at radius 1 is 0.853 bits per heavy atom. The zero-order valence-electron chi connectivity index (χ0n) is 21.4. The summed E-state index contributed by atoms with van der Waals surface area (Å²) in [6.07, 6.45) is 21.0. The van der Waals surface area contributed by atoms with Gasteiger partial charge in [-0.05, 0) is 19.4 Å². The van der Waals surface area contributed by atoms with E-state index in [4.69, 9.17) is 13.8 Å². The van der Waals surface area contributed by atoms with Crippen LogP contribution in [0.15, 0.2) is 24.5 Å². The summed E-state index contributed by atoms with van der Waals surface area (Å²) in [6.45, 7) is 4.86. The van der Waals surface area contributed by atoms with Gasteiger partial charge in [-0.3, -0.25) is 9.05 Å². The Labute approximate surface area is 206 Å². The van der Waals surface area contributed by atoms with Crippen molar-refractivity contribution in [2.75, 3.05) is 19.8 Å². The minimum atomic E-state index is -4.06. The fourth-order valence-electron chi connectivity index (χ4n) is 3.77. The minimum Gasteiger partial charge on any atom is -0.462 e. The van der Waals surface area contributed by atoms with Crippen molar-refractivity contribution in [3.8, 4) is 0 Å². The molecule has 34 heavy (non-hydrogen) atoms. The highest BCUT2D eigenvalue weighted by Crippen LogP contribution is 2.43. The van der Waals surface area contributed by atoms with Crippen LogP contribution < -0.4 is 4.57 Å². The average molecular weight is 501 g/mol. The van der Waals surface area contributed by atoms with Gasteiger partial charge in [0.15, 0.2) is 18.9 Å². The molecule has 1 atom stereocenters. The Kier molecular flexibility index (Phi) is 18.1. The second-order valence-corrected chi connectivity index (χ2v) is 10.2. The first-order chi connectivity index (χ1) is 16.5.